The molecule has 1 heterocycles. The summed E-state index contributed by atoms with van der Waals surface area (Å²) in [6, 6.07) is 14.5. The van der Waals surface area contributed by atoms with Gasteiger partial charge in [0.15, 0.2) is 5.69 Å². The predicted molar refractivity (Wildman–Crippen MR) is 93.8 cm³/mol. The van der Waals surface area contributed by atoms with Crippen LogP contribution >= 0.6 is 0 Å². The van der Waals surface area contributed by atoms with E-state index in [1.165, 1.54) is 24.3 Å². The molecule has 8 nitrogen and oxygen atoms in total. The van der Waals surface area contributed by atoms with E-state index < -0.39 is 17.7 Å². The van der Waals surface area contributed by atoms with Crippen molar-refractivity contribution < 1.29 is 18.8 Å². The molecule has 0 aliphatic heterocycles. The molecule has 0 aliphatic rings. The normalized spacial score (nSPS) is 10.2. The van der Waals surface area contributed by atoms with Crippen LogP contribution in [0, 0.1) is 0 Å². The van der Waals surface area contributed by atoms with E-state index in [2.05, 4.69) is 15.6 Å². The van der Waals surface area contributed by atoms with Crippen LogP contribution in [0.1, 0.15) is 31.2 Å². The third-order valence-electron chi connectivity index (χ3n) is 3.42. The third-order valence-corrected chi connectivity index (χ3v) is 3.42. The summed E-state index contributed by atoms with van der Waals surface area (Å²) in [4.78, 5) is 39.1. The average Bonchev–Trinajstić information content (AvgIpc) is 3.11. The number of rotatable bonds is 5. The Kier molecular flexibility index (Phi) is 4.75. The van der Waals surface area contributed by atoms with Gasteiger partial charge in [-0.2, -0.15) is 4.98 Å². The van der Waals surface area contributed by atoms with Crippen LogP contribution in [0.3, 0.4) is 0 Å². The highest BCUT2D eigenvalue weighted by atomic mass is 16.4. The zero-order valence-corrected chi connectivity index (χ0v) is 13.4. The minimum atomic E-state index is -0.557. The fourth-order valence-electron chi connectivity index (χ4n) is 2.11. The number of nitrogens with zero attached hydrogens (tertiary/aromatic N) is 1. The Morgan fingerprint density at radius 3 is 2.19 bits per heavy atom. The molecular weight excluding hydrogens is 336 g/mol. The lowest BCUT2D eigenvalue weighted by molar-refractivity contribution is 0.0996. The minimum absolute atomic E-state index is 0.00709. The Bertz CT molecular complexity index is 949. The zero-order chi connectivity index (χ0) is 18.5. The summed E-state index contributed by atoms with van der Waals surface area (Å²) >= 11 is 0. The Balaban J connectivity index is 1.64. The van der Waals surface area contributed by atoms with Crippen molar-refractivity contribution in [1.82, 2.24) is 4.98 Å². The van der Waals surface area contributed by atoms with Crippen molar-refractivity contribution in [3.05, 3.63) is 77.7 Å². The van der Waals surface area contributed by atoms with E-state index >= 15 is 0 Å². The molecular formula is C18H14N4O4. The summed E-state index contributed by atoms with van der Waals surface area (Å²) < 4.78 is 5.10. The molecule has 130 valence electrons. The number of primary amides is 1. The molecule has 0 atom stereocenters. The summed E-state index contributed by atoms with van der Waals surface area (Å²) in [6.07, 6.45) is 1.13. The fourth-order valence-corrected chi connectivity index (χ4v) is 2.11. The average molecular weight is 350 g/mol. The molecule has 26 heavy (non-hydrogen) atoms. The summed E-state index contributed by atoms with van der Waals surface area (Å²) in [5, 5.41) is 5.07. The second-order valence-electron chi connectivity index (χ2n) is 5.25. The molecule has 0 unspecified atom stereocenters. The highest BCUT2D eigenvalue weighted by Gasteiger charge is 2.15. The van der Waals surface area contributed by atoms with Crippen LogP contribution in [0.25, 0.3) is 0 Å². The summed E-state index contributed by atoms with van der Waals surface area (Å²) in [6.45, 7) is 0. The van der Waals surface area contributed by atoms with Gasteiger partial charge in [0.1, 0.15) is 6.26 Å². The summed E-state index contributed by atoms with van der Waals surface area (Å²) in [7, 11) is 0. The number of nitrogens with one attached hydrogen (secondary N) is 2. The van der Waals surface area contributed by atoms with Gasteiger partial charge in [0.25, 0.3) is 11.8 Å². The van der Waals surface area contributed by atoms with E-state index in [1.807, 2.05) is 0 Å². The van der Waals surface area contributed by atoms with Crippen LogP contribution in [0.4, 0.5) is 11.7 Å². The van der Waals surface area contributed by atoms with Crippen molar-refractivity contribution in [3.8, 4) is 0 Å². The van der Waals surface area contributed by atoms with Gasteiger partial charge in [-0.15, -0.1) is 0 Å². The summed E-state index contributed by atoms with van der Waals surface area (Å²) in [5.74, 6) is -1.49. The maximum Gasteiger partial charge on any atom is 0.302 e. The Labute approximate surface area is 148 Å². The second kappa shape index (κ2) is 7.31. The van der Waals surface area contributed by atoms with Crippen LogP contribution in [0.2, 0.25) is 0 Å². The maximum atomic E-state index is 12.2. The molecule has 4 N–H and O–H groups in total. The van der Waals surface area contributed by atoms with Crippen molar-refractivity contribution in [2.75, 3.05) is 10.6 Å². The first-order valence-corrected chi connectivity index (χ1v) is 7.56. The molecule has 0 fully saturated rings. The van der Waals surface area contributed by atoms with Gasteiger partial charge in [0.2, 0.25) is 5.91 Å². The molecule has 0 saturated heterocycles. The fraction of sp³-hybridized carbons (Fsp3) is 0. The Hall–Kier alpha value is -3.94. The van der Waals surface area contributed by atoms with Gasteiger partial charge in [0, 0.05) is 16.8 Å². The van der Waals surface area contributed by atoms with Gasteiger partial charge in [-0.3, -0.25) is 19.7 Å². The van der Waals surface area contributed by atoms with Crippen LogP contribution in [0.5, 0.6) is 0 Å². The lowest BCUT2D eigenvalue weighted by Crippen LogP contribution is -2.15. The van der Waals surface area contributed by atoms with E-state index in [0.29, 0.717) is 16.8 Å². The number of carbonyl (C=O) groups is 3. The van der Waals surface area contributed by atoms with Crippen LogP contribution in [-0.2, 0) is 0 Å². The Morgan fingerprint density at radius 2 is 1.54 bits per heavy atom. The van der Waals surface area contributed by atoms with Crippen molar-refractivity contribution in [1.29, 1.82) is 0 Å². The number of nitrogens with two attached hydrogens (primary N) is 1. The first-order valence-electron chi connectivity index (χ1n) is 7.56. The number of anilines is 2. The Morgan fingerprint density at radius 1 is 0.846 bits per heavy atom. The molecule has 0 spiro atoms. The third kappa shape index (κ3) is 3.93. The van der Waals surface area contributed by atoms with Crippen LogP contribution < -0.4 is 16.4 Å². The minimum Gasteiger partial charge on any atom is -0.431 e. The molecule has 2 aromatic carbocycles. The quantitative estimate of drug-likeness (QED) is 0.650. The molecule has 3 rings (SSSR count). The van der Waals surface area contributed by atoms with Crippen molar-refractivity contribution in [2.24, 2.45) is 5.73 Å². The molecule has 0 saturated carbocycles. The predicted octanol–water partition coefficient (Wildman–Crippen LogP) is 2.28. The molecule has 3 amide bonds. The van der Waals surface area contributed by atoms with E-state index in [9.17, 15) is 14.4 Å². The van der Waals surface area contributed by atoms with Gasteiger partial charge in [-0.25, -0.2) is 0 Å². The summed E-state index contributed by atoms with van der Waals surface area (Å²) in [5.41, 5.74) is 6.37. The molecule has 0 radical (unpaired) electrons. The molecule has 3 aromatic rings. The van der Waals surface area contributed by atoms with E-state index in [0.717, 1.165) is 6.26 Å². The molecule has 0 aliphatic carbocycles. The number of aromatic nitrogens is 1. The second-order valence-corrected chi connectivity index (χ2v) is 5.25. The highest BCUT2D eigenvalue weighted by Crippen LogP contribution is 2.13. The number of carbonyl (C=O) groups excluding carboxylic acids is 3. The number of hydrogen-bond acceptors (Lipinski definition) is 5. The van der Waals surface area contributed by atoms with Gasteiger partial charge >= 0.3 is 6.01 Å². The van der Waals surface area contributed by atoms with Gasteiger partial charge in [0.05, 0.1) is 0 Å². The zero-order valence-electron chi connectivity index (χ0n) is 13.4. The van der Waals surface area contributed by atoms with Gasteiger partial charge in [-0.1, -0.05) is 18.2 Å². The maximum absolute atomic E-state index is 12.2. The van der Waals surface area contributed by atoms with Gasteiger partial charge in [-0.05, 0) is 36.4 Å². The van der Waals surface area contributed by atoms with Crippen LogP contribution in [0.15, 0.2) is 65.3 Å². The van der Waals surface area contributed by atoms with Crippen molar-refractivity contribution in [3.63, 3.8) is 0 Å². The van der Waals surface area contributed by atoms with Gasteiger partial charge < -0.3 is 15.5 Å². The highest BCUT2D eigenvalue weighted by molar-refractivity contribution is 6.05. The van der Waals surface area contributed by atoms with E-state index in [1.54, 1.807) is 30.3 Å². The number of amides is 3. The molecule has 1 aromatic heterocycles. The number of oxazole rings is 1. The number of benzene rings is 2. The number of hydrogen-bond donors (Lipinski definition) is 3. The smallest absolute Gasteiger partial charge is 0.302 e. The largest absolute Gasteiger partial charge is 0.431 e. The lowest BCUT2D eigenvalue weighted by atomic mass is 10.2. The standard InChI is InChI=1S/C18H14N4O4/c19-15(23)11-6-8-13(9-7-11)20-17(25)14-10-26-18(21-14)22-16(24)12-4-2-1-3-5-12/h1-10H,(H2,19,23)(H,20,25)(H,21,22,24). The first-order chi connectivity index (χ1) is 12.5. The van der Waals surface area contributed by atoms with Crippen LogP contribution in [-0.4, -0.2) is 22.7 Å². The monoisotopic (exact) mass is 350 g/mol. The van der Waals surface area contributed by atoms with Crippen molar-refractivity contribution in [2.45, 2.75) is 0 Å². The SMILES string of the molecule is NC(=O)c1ccc(NC(=O)c2coc(NC(=O)c3ccccc3)n2)cc1. The van der Waals surface area contributed by atoms with E-state index in [4.69, 9.17) is 10.2 Å². The lowest BCUT2D eigenvalue weighted by Gasteiger charge is -2.03. The molecule has 8 heteroatoms. The first kappa shape index (κ1) is 16.9. The van der Waals surface area contributed by atoms with Crippen molar-refractivity contribution >= 4 is 29.4 Å². The topological polar surface area (TPSA) is 127 Å². The molecule has 0 bridgehead atoms. The van der Waals surface area contributed by atoms with E-state index in [-0.39, 0.29) is 11.7 Å².